The summed E-state index contributed by atoms with van der Waals surface area (Å²) in [5.41, 5.74) is 7.01. The maximum absolute atomic E-state index is 5.37. The van der Waals surface area contributed by atoms with E-state index in [-0.39, 0.29) is 0 Å². The molecule has 3 aromatic carbocycles. The monoisotopic (exact) mass is 313 g/mol. The first kappa shape index (κ1) is 13.8. The summed E-state index contributed by atoms with van der Waals surface area (Å²) in [6.45, 7) is 0.954. The van der Waals surface area contributed by atoms with Crippen molar-refractivity contribution in [1.82, 2.24) is 4.90 Å². The molecule has 2 heteroatoms. The Morgan fingerprint density at radius 2 is 1.42 bits per heavy atom. The molecule has 2 unspecified atom stereocenters. The van der Waals surface area contributed by atoms with Crippen LogP contribution in [0.25, 0.3) is 11.1 Å². The topological polar surface area (TPSA) is 12.2 Å². The van der Waals surface area contributed by atoms with Gasteiger partial charge in [0.1, 0.15) is 5.75 Å². The fraction of sp³-hybridized carbons (Fsp3) is 0.182. The highest BCUT2D eigenvalue weighted by Gasteiger charge is 2.53. The van der Waals surface area contributed by atoms with Crippen LogP contribution in [0.1, 0.15) is 28.8 Å². The van der Waals surface area contributed by atoms with E-state index in [1.54, 1.807) is 7.11 Å². The Balaban J connectivity index is 1.54. The molecule has 0 amide bonds. The van der Waals surface area contributed by atoms with E-state index in [0.717, 1.165) is 12.3 Å². The molecule has 0 saturated carbocycles. The highest BCUT2D eigenvalue weighted by Crippen LogP contribution is 2.62. The van der Waals surface area contributed by atoms with E-state index in [1.807, 2.05) is 6.07 Å². The normalized spacial score (nSPS) is 23.0. The number of hydrogen-bond donors (Lipinski definition) is 0. The standard InChI is InChI=1S/C22H19NO/c1-24-16-8-6-7-15(13-16)14-23-21-19-11-4-2-9-17(19)18-10-3-5-12-20(18)22(21)23/h2-13,21-22H,14H2,1H3. The number of hydrogen-bond acceptors (Lipinski definition) is 2. The van der Waals surface area contributed by atoms with Gasteiger partial charge in [0.2, 0.25) is 0 Å². The van der Waals surface area contributed by atoms with E-state index in [2.05, 4.69) is 71.6 Å². The Bertz CT molecular complexity index is 866. The second-order valence-electron chi connectivity index (χ2n) is 6.59. The van der Waals surface area contributed by atoms with Crippen molar-refractivity contribution in [1.29, 1.82) is 0 Å². The van der Waals surface area contributed by atoms with Crippen LogP contribution in [0.15, 0.2) is 72.8 Å². The van der Waals surface area contributed by atoms with Gasteiger partial charge in [-0.15, -0.1) is 0 Å². The van der Waals surface area contributed by atoms with Crippen molar-refractivity contribution >= 4 is 0 Å². The molecule has 0 bridgehead atoms. The zero-order valence-corrected chi connectivity index (χ0v) is 13.6. The zero-order chi connectivity index (χ0) is 16.1. The number of fused-ring (bicyclic) bond motifs is 6. The second-order valence-corrected chi connectivity index (χ2v) is 6.59. The van der Waals surface area contributed by atoms with Gasteiger partial charge in [0.15, 0.2) is 0 Å². The molecule has 1 aliphatic heterocycles. The van der Waals surface area contributed by atoms with Gasteiger partial charge in [-0.2, -0.15) is 0 Å². The van der Waals surface area contributed by atoms with Crippen molar-refractivity contribution in [3.8, 4) is 16.9 Å². The van der Waals surface area contributed by atoms with Crippen LogP contribution in [-0.2, 0) is 6.54 Å². The molecule has 0 aromatic heterocycles. The first-order chi connectivity index (χ1) is 11.9. The molecule has 0 radical (unpaired) electrons. The van der Waals surface area contributed by atoms with Crippen molar-refractivity contribution in [2.24, 2.45) is 0 Å². The van der Waals surface area contributed by atoms with E-state index >= 15 is 0 Å². The molecule has 2 nitrogen and oxygen atoms in total. The van der Waals surface area contributed by atoms with E-state index in [9.17, 15) is 0 Å². The van der Waals surface area contributed by atoms with Crippen molar-refractivity contribution in [2.75, 3.05) is 7.11 Å². The van der Waals surface area contributed by atoms with Crippen LogP contribution in [-0.4, -0.2) is 12.0 Å². The quantitative estimate of drug-likeness (QED) is 0.633. The molecule has 0 spiro atoms. The van der Waals surface area contributed by atoms with Crippen LogP contribution in [0.2, 0.25) is 0 Å². The van der Waals surface area contributed by atoms with Gasteiger partial charge in [0.05, 0.1) is 19.2 Å². The van der Waals surface area contributed by atoms with Crippen molar-refractivity contribution < 1.29 is 4.74 Å². The number of benzene rings is 3. The molecule has 1 heterocycles. The molecule has 3 aromatic rings. The maximum Gasteiger partial charge on any atom is 0.119 e. The van der Waals surface area contributed by atoms with Gasteiger partial charge >= 0.3 is 0 Å². The maximum atomic E-state index is 5.37. The van der Waals surface area contributed by atoms with Crippen LogP contribution < -0.4 is 4.74 Å². The molecular formula is C22H19NO. The minimum atomic E-state index is 0.502. The van der Waals surface area contributed by atoms with E-state index in [1.165, 1.54) is 27.8 Å². The Morgan fingerprint density at radius 1 is 0.792 bits per heavy atom. The van der Waals surface area contributed by atoms with E-state index in [4.69, 9.17) is 4.74 Å². The average molecular weight is 313 g/mol. The first-order valence-electron chi connectivity index (χ1n) is 8.44. The smallest absolute Gasteiger partial charge is 0.119 e. The largest absolute Gasteiger partial charge is 0.497 e. The second kappa shape index (κ2) is 5.22. The number of nitrogens with zero attached hydrogens (tertiary/aromatic N) is 1. The fourth-order valence-corrected chi connectivity index (χ4v) is 4.15. The number of methoxy groups -OCH3 is 1. The van der Waals surface area contributed by atoms with E-state index < -0.39 is 0 Å². The third kappa shape index (κ3) is 2.00. The molecule has 24 heavy (non-hydrogen) atoms. The Hall–Kier alpha value is -2.58. The van der Waals surface area contributed by atoms with Crippen molar-refractivity contribution in [3.05, 3.63) is 89.5 Å². The minimum Gasteiger partial charge on any atom is -0.497 e. The molecule has 118 valence electrons. The average Bonchev–Trinajstić information content (AvgIpc) is 3.36. The van der Waals surface area contributed by atoms with Crippen molar-refractivity contribution in [3.63, 3.8) is 0 Å². The van der Waals surface area contributed by atoms with E-state index in [0.29, 0.717) is 12.1 Å². The Morgan fingerprint density at radius 3 is 2.04 bits per heavy atom. The highest BCUT2D eigenvalue weighted by molar-refractivity contribution is 5.76. The summed E-state index contributed by atoms with van der Waals surface area (Å²) in [7, 11) is 1.72. The lowest BCUT2D eigenvalue weighted by Crippen LogP contribution is -1.99. The molecule has 5 rings (SSSR count). The Labute approximate surface area is 142 Å². The predicted molar refractivity (Wildman–Crippen MR) is 95.9 cm³/mol. The Kier molecular flexibility index (Phi) is 3.00. The van der Waals surface area contributed by atoms with Gasteiger partial charge in [-0.3, -0.25) is 4.90 Å². The van der Waals surface area contributed by atoms with Crippen LogP contribution in [0, 0.1) is 0 Å². The SMILES string of the molecule is COc1cccc(CN2C3c4ccccc4-c4ccccc4C32)c1. The highest BCUT2D eigenvalue weighted by atomic mass is 16.5. The first-order valence-corrected chi connectivity index (χ1v) is 8.44. The summed E-state index contributed by atoms with van der Waals surface area (Å²) < 4.78 is 5.37. The van der Waals surface area contributed by atoms with Crippen LogP contribution in [0.3, 0.4) is 0 Å². The van der Waals surface area contributed by atoms with Gasteiger partial charge in [-0.05, 0) is 39.9 Å². The summed E-state index contributed by atoms with van der Waals surface area (Å²) in [5, 5.41) is 0. The van der Waals surface area contributed by atoms with Gasteiger partial charge in [0.25, 0.3) is 0 Å². The summed E-state index contributed by atoms with van der Waals surface area (Å²) in [6.07, 6.45) is 0. The lowest BCUT2D eigenvalue weighted by atomic mass is 9.86. The molecule has 1 fully saturated rings. The zero-order valence-electron chi connectivity index (χ0n) is 13.6. The van der Waals surface area contributed by atoms with Gasteiger partial charge in [-0.25, -0.2) is 0 Å². The molecule has 2 aliphatic rings. The fourth-order valence-electron chi connectivity index (χ4n) is 4.15. The summed E-state index contributed by atoms with van der Waals surface area (Å²) in [4.78, 5) is 2.58. The van der Waals surface area contributed by atoms with Crippen molar-refractivity contribution in [2.45, 2.75) is 18.6 Å². The summed E-state index contributed by atoms with van der Waals surface area (Å²) in [6, 6.07) is 27.1. The van der Waals surface area contributed by atoms with Gasteiger partial charge in [-0.1, -0.05) is 60.7 Å². The number of ether oxygens (including phenoxy) is 1. The van der Waals surface area contributed by atoms with Crippen LogP contribution >= 0.6 is 0 Å². The predicted octanol–water partition coefficient (Wildman–Crippen LogP) is 4.97. The summed E-state index contributed by atoms with van der Waals surface area (Å²) >= 11 is 0. The van der Waals surface area contributed by atoms with Crippen LogP contribution in [0.4, 0.5) is 0 Å². The molecule has 1 saturated heterocycles. The molecule has 1 aliphatic carbocycles. The third-order valence-corrected chi connectivity index (χ3v) is 5.27. The minimum absolute atomic E-state index is 0.502. The summed E-state index contributed by atoms with van der Waals surface area (Å²) in [5.74, 6) is 0.929. The van der Waals surface area contributed by atoms with Gasteiger partial charge < -0.3 is 4.74 Å². The number of rotatable bonds is 3. The third-order valence-electron chi connectivity index (χ3n) is 5.27. The van der Waals surface area contributed by atoms with Gasteiger partial charge in [0, 0.05) is 6.54 Å². The molecule has 0 N–H and O–H groups in total. The lowest BCUT2D eigenvalue weighted by Gasteiger charge is -2.16. The molecular weight excluding hydrogens is 294 g/mol. The van der Waals surface area contributed by atoms with Crippen LogP contribution in [0.5, 0.6) is 5.75 Å². The molecule has 2 atom stereocenters. The lowest BCUT2D eigenvalue weighted by molar-refractivity contribution is 0.412.